The Morgan fingerprint density at radius 1 is 1.17 bits per heavy atom. The van der Waals surface area contributed by atoms with E-state index in [4.69, 9.17) is 4.74 Å². The first-order chi connectivity index (χ1) is 14.2. The molecule has 29 heavy (non-hydrogen) atoms. The van der Waals surface area contributed by atoms with E-state index >= 15 is 0 Å². The molecule has 1 aliphatic heterocycles. The van der Waals surface area contributed by atoms with Gasteiger partial charge in [0.15, 0.2) is 5.96 Å². The molecule has 0 atom stereocenters. The van der Waals surface area contributed by atoms with E-state index in [2.05, 4.69) is 44.6 Å². The van der Waals surface area contributed by atoms with Gasteiger partial charge < -0.3 is 20.3 Å². The third-order valence-corrected chi connectivity index (χ3v) is 6.45. The van der Waals surface area contributed by atoms with Crippen LogP contribution in [0.25, 0.3) is 0 Å². The fourth-order valence-corrected chi connectivity index (χ4v) is 4.62. The molecule has 1 saturated carbocycles. The molecule has 2 heterocycles. The number of ether oxygens (including phenoxy) is 1. The summed E-state index contributed by atoms with van der Waals surface area (Å²) in [6, 6.07) is 4.31. The van der Waals surface area contributed by atoms with Gasteiger partial charge in [0, 0.05) is 52.6 Å². The fourth-order valence-electron chi connectivity index (χ4n) is 4.62. The Morgan fingerprint density at radius 3 is 2.69 bits per heavy atom. The van der Waals surface area contributed by atoms with Crippen molar-refractivity contribution in [3.8, 4) is 0 Å². The minimum atomic E-state index is 0.352. The maximum absolute atomic E-state index is 5.64. The number of hydrogen-bond donors (Lipinski definition) is 2. The Balaban J connectivity index is 1.50. The topological polar surface area (TPSA) is 61.8 Å². The van der Waals surface area contributed by atoms with Crippen LogP contribution < -0.4 is 15.5 Å². The highest BCUT2D eigenvalue weighted by Gasteiger charge is 2.33. The Kier molecular flexibility index (Phi) is 8.59. The summed E-state index contributed by atoms with van der Waals surface area (Å²) in [5.74, 6) is 1.98. The molecule has 0 aromatic carbocycles. The summed E-state index contributed by atoms with van der Waals surface area (Å²) in [4.78, 5) is 11.4. The van der Waals surface area contributed by atoms with Crippen LogP contribution in [0.4, 0.5) is 5.82 Å². The predicted octanol–water partition coefficient (Wildman–Crippen LogP) is 3.72. The van der Waals surface area contributed by atoms with E-state index in [-0.39, 0.29) is 0 Å². The van der Waals surface area contributed by atoms with Crippen LogP contribution in [0.15, 0.2) is 23.3 Å². The summed E-state index contributed by atoms with van der Waals surface area (Å²) in [6.07, 6.45) is 12.2. The van der Waals surface area contributed by atoms with Crippen molar-refractivity contribution < 1.29 is 4.74 Å². The van der Waals surface area contributed by atoms with E-state index in [9.17, 15) is 0 Å². The number of aliphatic imine (C=N–C) groups is 1. The molecule has 1 aromatic rings. The van der Waals surface area contributed by atoms with Crippen LogP contribution in [0.3, 0.4) is 0 Å². The zero-order chi connectivity index (χ0) is 20.4. The second-order valence-corrected chi connectivity index (χ2v) is 8.50. The zero-order valence-electron chi connectivity index (χ0n) is 18.4. The molecule has 1 aliphatic carbocycles. The first-order valence-electron chi connectivity index (χ1n) is 11.5. The molecule has 0 unspecified atom stereocenters. The SMILES string of the molecule is CCOCCC1(CNC(=NC)NCc2ccnc(N3CCCCC3)c2)CCCC1. The molecule has 2 N–H and O–H groups in total. The largest absolute Gasteiger partial charge is 0.382 e. The minimum Gasteiger partial charge on any atom is -0.382 e. The van der Waals surface area contributed by atoms with E-state index in [0.717, 1.165) is 57.6 Å². The number of hydrogen-bond acceptors (Lipinski definition) is 4. The summed E-state index contributed by atoms with van der Waals surface area (Å²) in [6.45, 7) is 7.71. The van der Waals surface area contributed by atoms with Gasteiger partial charge in [0.1, 0.15) is 5.82 Å². The molecule has 1 saturated heterocycles. The summed E-state index contributed by atoms with van der Waals surface area (Å²) in [5.41, 5.74) is 1.60. The number of anilines is 1. The standard InChI is InChI=1S/C23H39N5O/c1-3-29-16-12-23(10-5-6-11-23)19-27-22(24-2)26-18-20-9-13-25-21(17-20)28-14-7-4-8-15-28/h9,13,17H,3-8,10-12,14-16,18-19H2,1-2H3,(H2,24,26,27). The predicted molar refractivity (Wildman–Crippen MR) is 121 cm³/mol. The third kappa shape index (κ3) is 6.59. The third-order valence-electron chi connectivity index (χ3n) is 6.45. The molecule has 1 aromatic heterocycles. The molecular formula is C23H39N5O. The van der Waals surface area contributed by atoms with Crippen molar-refractivity contribution in [3.63, 3.8) is 0 Å². The van der Waals surface area contributed by atoms with Gasteiger partial charge >= 0.3 is 0 Å². The van der Waals surface area contributed by atoms with Crippen molar-refractivity contribution in [1.82, 2.24) is 15.6 Å². The van der Waals surface area contributed by atoms with Crippen molar-refractivity contribution in [2.24, 2.45) is 10.4 Å². The van der Waals surface area contributed by atoms with Crippen LogP contribution >= 0.6 is 0 Å². The Bertz CT molecular complexity index is 636. The first-order valence-corrected chi connectivity index (χ1v) is 11.5. The molecule has 6 nitrogen and oxygen atoms in total. The number of aromatic nitrogens is 1. The molecule has 0 amide bonds. The monoisotopic (exact) mass is 401 g/mol. The van der Waals surface area contributed by atoms with E-state index in [1.54, 1.807) is 0 Å². The quantitative estimate of drug-likeness (QED) is 0.375. The van der Waals surface area contributed by atoms with Crippen LogP contribution in [0.1, 0.15) is 63.9 Å². The summed E-state index contributed by atoms with van der Waals surface area (Å²) in [5, 5.41) is 7.07. The molecule has 2 aliphatic rings. The van der Waals surface area contributed by atoms with Crippen LogP contribution in [0, 0.1) is 5.41 Å². The van der Waals surface area contributed by atoms with Gasteiger partial charge in [0.05, 0.1) is 0 Å². The lowest BCUT2D eigenvalue weighted by Crippen LogP contribution is -2.43. The zero-order valence-corrected chi connectivity index (χ0v) is 18.4. The van der Waals surface area contributed by atoms with Crippen molar-refractivity contribution in [1.29, 1.82) is 0 Å². The van der Waals surface area contributed by atoms with Gasteiger partial charge in [-0.25, -0.2) is 4.98 Å². The maximum atomic E-state index is 5.64. The van der Waals surface area contributed by atoms with Crippen LogP contribution in [0.2, 0.25) is 0 Å². The molecule has 162 valence electrons. The van der Waals surface area contributed by atoms with Crippen LogP contribution in [0.5, 0.6) is 0 Å². The fraction of sp³-hybridized carbons (Fsp3) is 0.739. The molecule has 6 heteroatoms. The Hall–Kier alpha value is -1.82. The molecular weight excluding hydrogens is 362 g/mol. The van der Waals surface area contributed by atoms with E-state index < -0.39 is 0 Å². The van der Waals surface area contributed by atoms with Gasteiger partial charge in [0.2, 0.25) is 0 Å². The molecule has 0 spiro atoms. The lowest BCUT2D eigenvalue weighted by Gasteiger charge is -2.30. The number of pyridine rings is 1. The van der Waals surface area contributed by atoms with Gasteiger partial charge in [-0.1, -0.05) is 12.8 Å². The second kappa shape index (κ2) is 11.4. The number of nitrogens with zero attached hydrogens (tertiary/aromatic N) is 3. The summed E-state index contributed by atoms with van der Waals surface area (Å²) in [7, 11) is 1.85. The minimum absolute atomic E-state index is 0.352. The van der Waals surface area contributed by atoms with Crippen molar-refractivity contribution >= 4 is 11.8 Å². The van der Waals surface area contributed by atoms with Crippen molar-refractivity contribution in [3.05, 3.63) is 23.9 Å². The van der Waals surface area contributed by atoms with Gasteiger partial charge in [-0.2, -0.15) is 0 Å². The smallest absolute Gasteiger partial charge is 0.191 e. The highest BCUT2D eigenvalue weighted by Crippen LogP contribution is 2.40. The molecule has 2 fully saturated rings. The molecule has 0 bridgehead atoms. The Labute approximate surface area is 176 Å². The lowest BCUT2D eigenvalue weighted by atomic mass is 9.83. The van der Waals surface area contributed by atoms with Crippen LogP contribution in [-0.2, 0) is 11.3 Å². The number of piperidine rings is 1. The summed E-state index contributed by atoms with van der Waals surface area (Å²) >= 11 is 0. The lowest BCUT2D eigenvalue weighted by molar-refractivity contribution is 0.105. The van der Waals surface area contributed by atoms with E-state index in [1.165, 1.54) is 50.5 Å². The van der Waals surface area contributed by atoms with Gasteiger partial charge in [-0.3, -0.25) is 4.99 Å². The number of rotatable bonds is 9. The Morgan fingerprint density at radius 2 is 1.97 bits per heavy atom. The highest BCUT2D eigenvalue weighted by atomic mass is 16.5. The average Bonchev–Trinajstić information content (AvgIpc) is 3.24. The van der Waals surface area contributed by atoms with Crippen LogP contribution in [-0.4, -0.2) is 50.8 Å². The molecule has 0 radical (unpaired) electrons. The number of nitrogens with one attached hydrogen (secondary N) is 2. The van der Waals surface area contributed by atoms with E-state index in [0.29, 0.717) is 5.41 Å². The first kappa shape index (κ1) is 21.9. The normalized spacial score (nSPS) is 19.4. The maximum Gasteiger partial charge on any atom is 0.191 e. The van der Waals surface area contributed by atoms with Crippen molar-refractivity contribution in [2.45, 2.75) is 64.8 Å². The van der Waals surface area contributed by atoms with Gasteiger partial charge in [-0.15, -0.1) is 0 Å². The van der Waals surface area contributed by atoms with Crippen molar-refractivity contribution in [2.75, 3.05) is 44.8 Å². The highest BCUT2D eigenvalue weighted by molar-refractivity contribution is 5.79. The van der Waals surface area contributed by atoms with Gasteiger partial charge in [0.25, 0.3) is 0 Å². The van der Waals surface area contributed by atoms with Gasteiger partial charge in [-0.05, 0) is 68.6 Å². The average molecular weight is 402 g/mol. The second-order valence-electron chi connectivity index (χ2n) is 8.50. The molecule has 3 rings (SSSR count). The number of guanidine groups is 1. The van der Waals surface area contributed by atoms with E-state index in [1.807, 2.05) is 13.2 Å². The summed E-state index contributed by atoms with van der Waals surface area (Å²) < 4.78 is 5.64.